The lowest BCUT2D eigenvalue weighted by Crippen LogP contribution is -0.937. The molecule has 0 aromatic carbocycles. The van der Waals surface area contributed by atoms with E-state index in [1.165, 1.54) is 0 Å². The first-order valence-electron chi connectivity index (χ1n) is 0.577. The molecule has 0 aromatic heterocycles. The first kappa shape index (κ1) is 54.4. The van der Waals surface area contributed by atoms with Gasteiger partial charge in [0.25, 0.3) is 0 Å². The van der Waals surface area contributed by atoms with Gasteiger partial charge in [-0.15, -0.1) is 0 Å². The first-order valence-corrected chi connectivity index (χ1v) is 1.73. The smallest absolute Gasteiger partial charge is 0.126 e. The van der Waals surface area contributed by atoms with Gasteiger partial charge in [-0.2, -0.15) is 9.12 Å². The minimum atomic E-state index is 0. The highest BCUT2D eigenvalue weighted by Crippen LogP contribution is 1.42. The van der Waals surface area contributed by atoms with Crippen molar-refractivity contribution in [3.8, 4) is 0 Å². The van der Waals surface area contributed by atoms with Gasteiger partial charge in [0, 0.05) is 0 Å². The van der Waals surface area contributed by atoms with Crippen LogP contribution in [0, 0.1) is 0 Å². The summed E-state index contributed by atoms with van der Waals surface area (Å²) in [5, 5.41) is 0. The summed E-state index contributed by atoms with van der Waals surface area (Å²) in [5.41, 5.74) is 0. The van der Waals surface area contributed by atoms with E-state index in [4.69, 9.17) is 0 Å². The van der Waals surface area contributed by atoms with Crippen LogP contribution in [0.25, 0.3) is 0 Å². The standard InChI is InChI=1S/BH4P.H3N.2H2O/c1-2;;;/h1-2H2;1H3;2*1H2. The first-order chi connectivity index (χ1) is 1.00. The second-order valence-electron chi connectivity index (χ2n) is 0. The van der Waals surface area contributed by atoms with Gasteiger partial charge in [-0.05, 0) is 0 Å². The molecule has 0 saturated carbocycles. The summed E-state index contributed by atoms with van der Waals surface area (Å²) in [4.78, 5) is 0. The van der Waals surface area contributed by atoms with Crippen LogP contribution >= 0.6 is 9.12 Å². The van der Waals surface area contributed by atoms with Crippen molar-refractivity contribution < 1.29 is 11.0 Å². The molecule has 3 nitrogen and oxygen atoms in total. The molecule has 7 N–H and O–H groups in total. The topological polar surface area (TPSA) is 98.0 Å². The highest BCUT2D eigenvalue weighted by Gasteiger charge is 0.985. The van der Waals surface area contributed by atoms with E-state index < -0.39 is 0 Å². The van der Waals surface area contributed by atoms with Crippen LogP contribution in [-0.4, -0.2) is 18.5 Å². The third-order valence-electron chi connectivity index (χ3n) is 0. The van der Waals surface area contributed by atoms with Crippen LogP contribution in [-0.2, 0) is 0 Å². The average molecular weight is 98.9 g/mol. The molecule has 0 radical (unpaired) electrons. The van der Waals surface area contributed by atoms with Crippen LogP contribution in [0.1, 0.15) is 0 Å². The summed E-state index contributed by atoms with van der Waals surface area (Å²) in [6, 6.07) is 0. The maximum Gasteiger partial charge on any atom is 0.126 e. The molecule has 0 aliphatic rings. The van der Waals surface area contributed by atoms with Gasteiger partial charge in [0.05, 0.1) is 0 Å². The van der Waals surface area contributed by atoms with Gasteiger partial charge < -0.3 is 17.1 Å². The zero-order valence-electron chi connectivity index (χ0n) is 3.28. The largest absolute Gasteiger partial charge is 0.412 e. The van der Waals surface area contributed by atoms with E-state index in [1.54, 1.807) is 0 Å². The van der Waals surface area contributed by atoms with Crippen LogP contribution in [0.5, 0.6) is 0 Å². The molecule has 1 unspecified atom stereocenters. The van der Waals surface area contributed by atoms with Gasteiger partial charge in [-0.1, -0.05) is 0 Å². The van der Waals surface area contributed by atoms with Crippen molar-refractivity contribution >= 4 is 16.7 Å². The van der Waals surface area contributed by atoms with Crippen molar-refractivity contribution in [1.82, 2.24) is 6.15 Å². The Labute approximate surface area is 34.9 Å². The second-order valence-corrected chi connectivity index (χ2v) is 0. The normalized spacial score (nSPS) is 1.00. The molecule has 0 aliphatic carbocycles. The van der Waals surface area contributed by atoms with Crippen LogP contribution in [0.4, 0.5) is 0 Å². The summed E-state index contributed by atoms with van der Waals surface area (Å²) in [7, 11) is 4.33. The van der Waals surface area contributed by atoms with Gasteiger partial charge >= 0.3 is 0 Å². The van der Waals surface area contributed by atoms with Gasteiger partial charge in [0.1, 0.15) is 7.57 Å². The lowest BCUT2D eigenvalue weighted by molar-refractivity contribution is 0.823. The van der Waals surface area contributed by atoms with Crippen molar-refractivity contribution in [3.63, 3.8) is 0 Å². The van der Waals surface area contributed by atoms with E-state index in [1.807, 2.05) is 7.57 Å². The Morgan fingerprint density at radius 3 is 1.00 bits per heavy atom. The fourth-order valence-corrected chi connectivity index (χ4v) is 0. The summed E-state index contributed by atoms with van der Waals surface area (Å²) >= 11 is 0. The molecule has 1 atom stereocenters. The van der Waals surface area contributed by atoms with Crippen LogP contribution in [0.3, 0.4) is 0 Å². The van der Waals surface area contributed by atoms with Crippen molar-refractivity contribution in [2.24, 2.45) is 0 Å². The van der Waals surface area contributed by atoms with Crippen molar-refractivity contribution in [2.75, 3.05) is 0 Å². The van der Waals surface area contributed by atoms with Crippen molar-refractivity contribution in [2.45, 2.75) is 0 Å². The fraction of sp³-hybridized carbons (Fsp3) is 0. The highest BCUT2D eigenvalue weighted by molar-refractivity contribution is 7.49. The van der Waals surface area contributed by atoms with E-state index in [0.29, 0.717) is 0 Å². The minimum Gasteiger partial charge on any atom is -0.412 e. The summed E-state index contributed by atoms with van der Waals surface area (Å²) in [5.74, 6) is 0. The Kier molecular flexibility index (Phi) is 3860. The molecule has 0 amide bonds. The average Bonchev–Trinajstić information content (AvgIpc) is 1.00. The maximum absolute atomic E-state index is 2.42. The molecule has 0 rings (SSSR count). The SMILES string of the molecule is BP.N.O.O. The monoisotopic (exact) mass is 99.1 g/mol. The predicted octanol–water partition coefficient (Wildman–Crippen LogP) is -2.08. The second kappa shape index (κ2) is 354. The molecule has 0 aliphatic heterocycles. The maximum atomic E-state index is 2.42. The molecule has 5 heteroatoms. The Morgan fingerprint density at radius 1 is 1.00 bits per heavy atom. The summed E-state index contributed by atoms with van der Waals surface area (Å²) in [6.07, 6.45) is 0. The Balaban J connectivity index is -0.00000000167. The summed E-state index contributed by atoms with van der Waals surface area (Å²) < 4.78 is 0. The summed E-state index contributed by atoms with van der Waals surface area (Å²) in [6.45, 7) is 0. The number of rotatable bonds is 0. The molecule has 0 bridgehead atoms. The predicted molar refractivity (Wildman–Crippen MR) is 30.5 cm³/mol. The zero-order chi connectivity index (χ0) is 2.00. The fourth-order valence-electron chi connectivity index (χ4n) is 0. The van der Waals surface area contributed by atoms with Gasteiger partial charge in [0.2, 0.25) is 0 Å². The Bertz CT molecular complexity index is 9.61. The molecule has 0 saturated heterocycles. The lowest BCUT2D eigenvalue weighted by atomic mass is 10.8. The molecule has 0 fully saturated rings. The van der Waals surface area contributed by atoms with Crippen LogP contribution in [0.15, 0.2) is 0 Å². The molecule has 5 heavy (non-hydrogen) atoms. The van der Waals surface area contributed by atoms with E-state index in [9.17, 15) is 0 Å². The third-order valence-corrected chi connectivity index (χ3v) is 0. The van der Waals surface area contributed by atoms with E-state index in [0.717, 1.165) is 0 Å². The van der Waals surface area contributed by atoms with E-state index >= 15 is 0 Å². The minimum absolute atomic E-state index is 0. The van der Waals surface area contributed by atoms with Gasteiger partial charge in [-0.25, -0.2) is 0 Å². The van der Waals surface area contributed by atoms with Crippen molar-refractivity contribution in [3.05, 3.63) is 0 Å². The zero-order valence-corrected chi connectivity index (χ0v) is 4.44. The molecule has 0 aromatic rings. The Hall–Kier alpha value is 0.375. The quantitative estimate of drug-likeness (QED) is 0.273. The highest BCUT2D eigenvalue weighted by atomic mass is 31.0. The number of hydrogen-bond donors (Lipinski definition) is 1. The molecule has 36 valence electrons. The Morgan fingerprint density at radius 2 is 1.00 bits per heavy atom. The number of hydrogen-bond acceptors (Lipinski definition) is 1. The van der Waals surface area contributed by atoms with Gasteiger partial charge in [-0.3, -0.25) is 0 Å². The lowest BCUT2D eigenvalue weighted by Gasteiger charge is -1.04. The van der Waals surface area contributed by atoms with Gasteiger partial charge in [0.15, 0.2) is 0 Å². The van der Waals surface area contributed by atoms with E-state index in [2.05, 4.69) is 9.12 Å². The molecular formula is H11BNO2P. The van der Waals surface area contributed by atoms with E-state index in [-0.39, 0.29) is 17.1 Å². The molecule has 0 spiro atoms. The van der Waals surface area contributed by atoms with Crippen LogP contribution in [0.2, 0.25) is 0 Å². The molecular weight excluding hydrogens is 87.8 g/mol. The van der Waals surface area contributed by atoms with Crippen molar-refractivity contribution in [1.29, 1.82) is 0 Å². The van der Waals surface area contributed by atoms with Crippen LogP contribution < -0.4 is 6.15 Å². The molecule has 0 heterocycles. The third kappa shape index (κ3) is 176.